The van der Waals surface area contributed by atoms with Crippen LogP contribution < -0.4 is 0 Å². The number of allylic oxidation sites excluding steroid dienone is 1. The van der Waals surface area contributed by atoms with Crippen LogP contribution in [0.4, 0.5) is 0 Å². The maximum atomic E-state index is 2.43. The molecule has 1 aliphatic rings. The highest BCUT2D eigenvalue weighted by Gasteiger charge is 2.28. The van der Waals surface area contributed by atoms with E-state index in [1.807, 2.05) is 0 Å². The topological polar surface area (TPSA) is 3.24 Å². The van der Waals surface area contributed by atoms with Crippen LogP contribution in [0.15, 0.2) is 35.9 Å². The van der Waals surface area contributed by atoms with E-state index in [9.17, 15) is 0 Å². The summed E-state index contributed by atoms with van der Waals surface area (Å²) < 4.78 is 0. The van der Waals surface area contributed by atoms with Gasteiger partial charge in [-0.1, -0.05) is 35.9 Å². The van der Waals surface area contributed by atoms with Crippen LogP contribution in [0, 0.1) is 0 Å². The lowest BCUT2D eigenvalue weighted by molar-refractivity contribution is 0.248. The molecule has 0 saturated carbocycles. The van der Waals surface area contributed by atoms with Crippen molar-refractivity contribution in [1.29, 1.82) is 0 Å². The largest absolute Gasteiger partial charge is 0.306 e. The van der Waals surface area contributed by atoms with Crippen molar-refractivity contribution < 1.29 is 0 Å². The zero-order valence-electron chi connectivity index (χ0n) is 11.4. The molecule has 1 heteroatoms. The fourth-order valence-corrected chi connectivity index (χ4v) is 2.92. The Kier molecular flexibility index (Phi) is 3.68. The van der Waals surface area contributed by atoms with Crippen molar-refractivity contribution >= 4 is 0 Å². The van der Waals surface area contributed by atoms with Gasteiger partial charge in [0.25, 0.3) is 0 Å². The molecule has 0 N–H and O–H groups in total. The Hall–Kier alpha value is -1.08. The lowest BCUT2D eigenvalue weighted by atomic mass is 9.78. The standard InChI is InChI=1S/C16H23N/c1-12(2)11-15-14-8-6-5-7-13(14)9-10-16(15)17(3)4/h5-8,11,15-16H,9-10H2,1-4H3. The van der Waals surface area contributed by atoms with Gasteiger partial charge < -0.3 is 4.90 Å². The van der Waals surface area contributed by atoms with Crippen molar-refractivity contribution in [1.82, 2.24) is 4.90 Å². The lowest BCUT2D eigenvalue weighted by Gasteiger charge is -2.36. The normalized spacial score (nSPS) is 23.4. The van der Waals surface area contributed by atoms with Gasteiger partial charge in [-0.25, -0.2) is 0 Å². The molecule has 0 amide bonds. The average molecular weight is 229 g/mol. The third kappa shape index (κ3) is 2.61. The van der Waals surface area contributed by atoms with Crippen LogP contribution in [0.1, 0.15) is 37.3 Å². The number of hydrogen-bond acceptors (Lipinski definition) is 1. The van der Waals surface area contributed by atoms with E-state index in [2.05, 4.69) is 63.2 Å². The summed E-state index contributed by atoms with van der Waals surface area (Å²) in [6, 6.07) is 9.55. The minimum absolute atomic E-state index is 0.556. The van der Waals surface area contributed by atoms with E-state index >= 15 is 0 Å². The summed E-state index contributed by atoms with van der Waals surface area (Å²) in [6.45, 7) is 4.40. The SMILES string of the molecule is CC(C)=CC1c2ccccc2CCC1N(C)C. The minimum Gasteiger partial charge on any atom is -0.306 e. The van der Waals surface area contributed by atoms with Gasteiger partial charge in [0.1, 0.15) is 0 Å². The predicted molar refractivity (Wildman–Crippen MR) is 74.4 cm³/mol. The molecule has 0 heterocycles. The predicted octanol–water partition coefficient (Wildman–Crippen LogP) is 3.61. The maximum absolute atomic E-state index is 2.43. The summed E-state index contributed by atoms with van der Waals surface area (Å²) in [7, 11) is 4.40. The Morgan fingerprint density at radius 2 is 1.94 bits per heavy atom. The number of likely N-dealkylation sites (N-methyl/N-ethyl adjacent to an activating group) is 1. The van der Waals surface area contributed by atoms with Crippen molar-refractivity contribution in [3.8, 4) is 0 Å². The molecule has 0 saturated heterocycles. The van der Waals surface area contributed by atoms with Gasteiger partial charge in [-0.15, -0.1) is 0 Å². The van der Waals surface area contributed by atoms with Crippen LogP contribution in [-0.4, -0.2) is 25.0 Å². The second-order valence-electron chi connectivity index (χ2n) is 5.54. The zero-order valence-corrected chi connectivity index (χ0v) is 11.4. The summed E-state index contributed by atoms with van der Waals surface area (Å²) in [4.78, 5) is 2.38. The Bertz CT molecular complexity index is 413. The van der Waals surface area contributed by atoms with E-state index in [1.54, 1.807) is 0 Å². The molecule has 2 rings (SSSR count). The maximum Gasteiger partial charge on any atom is 0.0196 e. The highest BCUT2D eigenvalue weighted by Crippen LogP contribution is 2.35. The number of fused-ring (bicyclic) bond motifs is 1. The van der Waals surface area contributed by atoms with Crippen LogP contribution in [0.5, 0.6) is 0 Å². The Labute approximate surface area is 105 Å². The van der Waals surface area contributed by atoms with Crippen LogP contribution in [0.3, 0.4) is 0 Å². The third-order valence-electron chi connectivity index (χ3n) is 3.71. The molecule has 92 valence electrons. The van der Waals surface area contributed by atoms with E-state index in [0.717, 1.165) is 0 Å². The molecule has 0 bridgehead atoms. The van der Waals surface area contributed by atoms with Crippen molar-refractivity contribution in [2.24, 2.45) is 0 Å². The van der Waals surface area contributed by atoms with Gasteiger partial charge in [0.2, 0.25) is 0 Å². The van der Waals surface area contributed by atoms with Gasteiger partial charge in [0, 0.05) is 12.0 Å². The Balaban J connectivity index is 2.42. The van der Waals surface area contributed by atoms with Crippen LogP contribution in [-0.2, 0) is 6.42 Å². The fraction of sp³-hybridized carbons (Fsp3) is 0.500. The molecular weight excluding hydrogens is 206 g/mol. The zero-order chi connectivity index (χ0) is 12.4. The van der Waals surface area contributed by atoms with Gasteiger partial charge in [-0.3, -0.25) is 0 Å². The minimum atomic E-state index is 0.556. The van der Waals surface area contributed by atoms with E-state index in [-0.39, 0.29) is 0 Å². The van der Waals surface area contributed by atoms with E-state index in [0.29, 0.717) is 12.0 Å². The van der Waals surface area contributed by atoms with E-state index in [1.165, 1.54) is 29.5 Å². The summed E-state index contributed by atoms with van der Waals surface area (Å²) in [5, 5.41) is 0. The fourth-order valence-electron chi connectivity index (χ4n) is 2.92. The first-order valence-corrected chi connectivity index (χ1v) is 6.49. The first kappa shape index (κ1) is 12.4. The number of aryl methyl sites for hydroxylation is 1. The second kappa shape index (κ2) is 5.05. The Morgan fingerprint density at radius 3 is 2.59 bits per heavy atom. The molecule has 1 nitrogen and oxygen atoms in total. The molecule has 0 radical (unpaired) electrons. The molecule has 2 unspecified atom stereocenters. The first-order valence-electron chi connectivity index (χ1n) is 6.49. The van der Waals surface area contributed by atoms with Gasteiger partial charge in [0.15, 0.2) is 0 Å². The molecule has 2 atom stereocenters. The molecule has 1 aliphatic carbocycles. The number of hydrogen-bond donors (Lipinski definition) is 0. The van der Waals surface area contributed by atoms with Gasteiger partial charge in [-0.05, 0) is 51.9 Å². The van der Waals surface area contributed by atoms with Crippen molar-refractivity contribution in [2.75, 3.05) is 14.1 Å². The summed E-state index contributed by atoms with van der Waals surface area (Å²) in [5.74, 6) is 0.556. The van der Waals surface area contributed by atoms with Gasteiger partial charge >= 0.3 is 0 Å². The first-order chi connectivity index (χ1) is 8.09. The Morgan fingerprint density at radius 1 is 1.24 bits per heavy atom. The van der Waals surface area contributed by atoms with Crippen LogP contribution in [0.25, 0.3) is 0 Å². The van der Waals surface area contributed by atoms with Crippen molar-refractivity contribution in [2.45, 2.75) is 38.6 Å². The number of nitrogens with zero attached hydrogens (tertiary/aromatic N) is 1. The highest BCUT2D eigenvalue weighted by molar-refractivity contribution is 5.37. The molecule has 17 heavy (non-hydrogen) atoms. The molecule has 0 aliphatic heterocycles. The number of benzene rings is 1. The van der Waals surface area contributed by atoms with E-state index < -0.39 is 0 Å². The van der Waals surface area contributed by atoms with E-state index in [4.69, 9.17) is 0 Å². The van der Waals surface area contributed by atoms with Gasteiger partial charge in [-0.2, -0.15) is 0 Å². The molecule has 0 aromatic heterocycles. The smallest absolute Gasteiger partial charge is 0.0196 e. The molecular formula is C16H23N. The van der Waals surface area contributed by atoms with Crippen molar-refractivity contribution in [3.05, 3.63) is 47.0 Å². The third-order valence-corrected chi connectivity index (χ3v) is 3.71. The summed E-state index contributed by atoms with van der Waals surface area (Å²) in [5.41, 5.74) is 4.48. The lowest BCUT2D eigenvalue weighted by Crippen LogP contribution is -2.36. The monoisotopic (exact) mass is 229 g/mol. The molecule has 1 aromatic rings. The van der Waals surface area contributed by atoms with Gasteiger partial charge in [0.05, 0.1) is 0 Å². The molecule has 0 fully saturated rings. The van der Waals surface area contributed by atoms with Crippen molar-refractivity contribution in [3.63, 3.8) is 0 Å². The molecule has 0 spiro atoms. The molecule has 1 aromatic carbocycles. The van der Waals surface area contributed by atoms with Crippen LogP contribution >= 0.6 is 0 Å². The highest BCUT2D eigenvalue weighted by atomic mass is 15.1. The van der Waals surface area contributed by atoms with Crippen LogP contribution in [0.2, 0.25) is 0 Å². The quantitative estimate of drug-likeness (QED) is 0.700. The number of rotatable bonds is 2. The second-order valence-corrected chi connectivity index (χ2v) is 5.54. The average Bonchev–Trinajstić information content (AvgIpc) is 2.28. The summed E-state index contributed by atoms with van der Waals surface area (Å²) >= 11 is 0. The summed E-state index contributed by atoms with van der Waals surface area (Å²) in [6.07, 6.45) is 4.91.